The minimum Gasteiger partial charge on any atom is -0.341 e. The van der Waals surface area contributed by atoms with Gasteiger partial charge in [0.15, 0.2) is 0 Å². The molecule has 1 saturated heterocycles. The van der Waals surface area contributed by atoms with Crippen LogP contribution in [-0.2, 0) is 4.79 Å². The van der Waals surface area contributed by atoms with Crippen molar-refractivity contribution in [1.82, 2.24) is 4.90 Å². The van der Waals surface area contributed by atoms with Gasteiger partial charge in [0.05, 0.1) is 12.0 Å². The van der Waals surface area contributed by atoms with Crippen LogP contribution in [0.25, 0.3) is 0 Å². The molecule has 0 N–H and O–H groups in total. The Balaban J connectivity index is 1.80. The molecule has 1 atom stereocenters. The average molecular weight is 234 g/mol. The number of piperidine rings is 1. The Morgan fingerprint density at radius 3 is 2.65 bits per heavy atom. The second kappa shape index (κ2) is 6.05. The first-order chi connectivity index (χ1) is 8.29. The third kappa shape index (κ3) is 3.46. The van der Waals surface area contributed by atoms with Gasteiger partial charge in [-0.2, -0.15) is 5.26 Å². The Bertz CT molecular complexity index is 302. The van der Waals surface area contributed by atoms with Crippen LogP contribution in [-0.4, -0.2) is 23.9 Å². The molecule has 0 radical (unpaired) electrons. The first-order valence-corrected chi connectivity index (χ1v) is 6.97. The summed E-state index contributed by atoms with van der Waals surface area (Å²) in [6, 6.07) is 2.30. The van der Waals surface area contributed by atoms with E-state index in [9.17, 15) is 4.79 Å². The van der Waals surface area contributed by atoms with Crippen LogP contribution in [0.15, 0.2) is 0 Å². The maximum atomic E-state index is 12.1. The molecule has 1 saturated carbocycles. The van der Waals surface area contributed by atoms with Gasteiger partial charge in [0.25, 0.3) is 0 Å². The molecule has 1 amide bonds. The van der Waals surface area contributed by atoms with Crippen LogP contribution in [0.1, 0.15) is 51.4 Å². The Kier molecular flexibility index (Phi) is 4.42. The van der Waals surface area contributed by atoms with E-state index in [1.54, 1.807) is 0 Å². The lowest BCUT2D eigenvalue weighted by atomic mass is 9.86. The van der Waals surface area contributed by atoms with Gasteiger partial charge in [0.1, 0.15) is 0 Å². The van der Waals surface area contributed by atoms with E-state index in [-0.39, 0.29) is 11.8 Å². The predicted octanol–water partition coefficient (Wildman–Crippen LogP) is 2.72. The fourth-order valence-electron chi connectivity index (χ4n) is 3.08. The molecule has 1 aliphatic heterocycles. The number of nitriles is 1. The van der Waals surface area contributed by atoms with Crippen LogP contribution in [0.2, 0.25) is 0 Å². The lowest BCUT2D eigenvalue weighted by Gasteiger charge is -2.31. The molecule has 1 unspecified atom stereocenters. The van der Waals surface area contributed by atoms with Gasteiger partial charge in [-0.15, -0.1) is 0 Å². The molecular formula is C14H22N2O. The minimum atomic E-state index is 0.0686. The fourth-order valence-corrected chi connectivity index (χ4v) is 3.08. The van der Waals surface area contributed by atoms with Crippen molar-refractivity contribution in [2.75, 3.05) is 13.1 Å². The zero-order valence-electron chi connectivity index (χ0n) is 10.5. The fraction of sp³-hybridized carbons (Fsp3) is 0.857. The standard InChI is InChI=1S/C14H22N2O/c15-10-13-7-4-8-16(11-13)14(17)9-12-5-2-1-3-6-12/h12-13H,1-9,11H2. The molecular weight excluding hydrogens is 212 g/mol. The Labute approximate surface area is 104 Å². The summed E-state index contributed by atoms with van der Waals surface area (Å²) >= 11 is 0. The zero-order valence-corrected chi connectivity index (χ0v) is 10.5. The van der Waals surface area contributed by atoms with E-state index >= 15 is 0 Å². The second-order valence-electron chi connectivity index (χ2n) is 5.52. The van der Waals surface area contributed by atoms with E-state index in [1.165, 1.54) is 32.1 Å². The number of amides is 1. The number of likely N-dealkylation sites (tertiary alicyclic amines) is 1. The van der Waals surface area contributed by atoms with Crippen LogP contribution >= 0.6 is 0 Å². The summed E-state index contributed by atoms with van der Waals surface area (Å²) in [7, 11) is 0. The maximum absolute atomic E-state index is 12.1. The summed E-state index contributed by atoms with van der Waals surface area (Å²) in [6.45, 7) is 1.53. The number of carbonyl (C=O) groups excluding carboxylic acids is 1. The van der Waals surface area contributed by atoms with E-state index in [0.717, 1.165) is 25.8 Å². The minimum absolute atomic E-state index is 0.0686. The van der Waals surface area contributed by atoms with Gasteiger partial charge in [-0.1, -0.05) is 19.3 Å². The number of rotatable bonds is 2. The van der Waals surface area contributed by atoms with Crippen molar-refractivity contribution in [2.45, 2.75) is 51.4 Å². The molecule has 94 valence electrons. The van der Waals surface area contributed by atoms with E-state index in [2.05, 4.69) is 6.07 Å². The van der Waals surface area contributed by atoms with Crippen molar-refractivity contribution in [2.24, 2.45) is 11.8 Å². The zero-order chi connectivity index (χ0) is 12.1. The SMILES string of the molecule is N#CC1CCCN(C(=O)CC2CCCCC2)C1. The summed E-state index contributed by atoms with van der Waals surface area (Å²) < 4.78 is 0. The molecule has 2 aliphatic rings. The maximum Gasteiger partial charge on any atom is 0.222 e. The Hall–Kier alpha value is -1.04. The average Bonchev–Trinajstić information content (AvgIpc) is 2.40. The van der Waals surface area contributed by atoms with Gasteiger partial charge >= 0.3 is 0 Å². The van der Waals surface area contributed by atoms with E-state index in [4.69, 9.17) is 5.26 Å². The number of nitrogens with zero attached hydrogens (tertiary/aromatic N) is 2. The van der Waals surface area contributed by atoms with Crippen LogP contribution in [0.3, 0.4) is 0 Å². The van der Waals surface area contributed by atoms with E-state index in [1.807, 2.05) is 4.90 Å². The van der Waals surface area contributed by atoms with Crippen molar-refractivity contribution in [1.29, 1.82) is 5.26 Å². The Morgan fingerprint density at radius 1 is 1.18 bits per heavy atom. The molecule has 17 heavy (non-hydrogen) atoms. The van der Waals surface area contributed by atoms with Crippen LogP contribution in [0, 0.1) is 23.2 Å². The van der Waals surface area contributed by atoms with Crippen LogP contribution in [0.5, 0.6) is 0 Å². The molecule has 0 bridgehead atoms. The summed E-state index contributed by atoms with van der Waals surface area (Å²) in [5.74, 6) is 0.967. The molecule has 0 aromatic heterocycles. The molecule has 0 aromatic rings. The highest BCUT2D eigenvalue weighted by molar-refractivity contribution is 5.76. The lowest BCUT2D eigenvalue weighted by Crippen LogP contribution is -2.40. The van der Waals surface area contributed by atoms with Crippen molar-refractivity contribution in [3.8, 4) is 6.07 Å². The molecule has 1 aliphatic carbocycles. The van der Waals surface area contributed by atoms with Gasteiger partial charge in [0, 0.05) is 19.5 Å². The number of hydrogen-bond donors (Lipinski definition) is 0. The second-order valence-corrected chi connectivity index (χ2v) is 5.52. The highest BCUT2D eigenvalue weighted by Gasteiger charge is 2.25. The number of hydrogen-bond acceptors (Lipinski definition) is 2. The van der Waals surface area contributed by atoms with Gasteiger partial charge < -0.3 is 4.90 Å². The van der Waals surface area contributed by atoms with Gasteiger partial charge in [-0.05, 0) is 31.6 Å². The smallest absolute Gasteiger partial charge is 0.222 e. The quantitative estimate of drug-likeness (QED) is 0.737. The largest absolute Gasteiger partial charge is 0.341 e. The van der Waals surface area contributed by atoms with Crippen molar-refractivity contribution in [3.63, 3.8) is 0 Å². The van der Waals surface area contributed by atoms with Gasteiger partial charge in [-0.3, -0.25) is 4.79 Å². The lowest BCUT2D eigenvalue weighted by molar-refractivity contribution is -0.133. The summed E-state index contributed by atoms with van der Waals surface area (Å²) in [6.07, 6.45) is 9.04. The summed E-state index contributed by atoms with van der Waals surface area (Å²) in [5, 5.41) is 8.92. The highest BCUT2D eigenvalue weighted by atomic mass is 16.2. The normalized spacial score (nSPS) is 26.5. The molecule has 0 aromatic carbocycles. The number of carbonyl (C=O) groups is 1. The molecule has 3 heteroatoms. The predicted molar refractivity (Wildman–Crippen MR) is 66.1 cm³/mol. The molecule has 3 nitrogen and oxygen atoms in total. The first-order valence-electron chi connectivity index (χ1n) is 6.97. The first kappa shape index (κ1) is 12.4. The third-order valence-corrected chi connectivity index (χ3v) is 4.14. The van der Waals surface area contributed by atoms with Crippen LogP contribution < -0.4 is 0 Å². The topological polar surface area (TPSA) is 44.1 Å². The highest BCUT2D eigenvalue weighted by Crippen LogP contribution is 2.27. The molecule has 0 spiro atoms. The summed E-state index contributed by atoms with van der Waals surface area (Å²) in [5.41, 5.74) is 0. The molecule has 2 rings (SSSR count). The van der Waals surface area contributed by atoms with Crippen molar-refractivity contribution in [3.05, 3.63) is 0 Å². The van der Waals surface area contributed by atoms with Gasteiger partial charge in [-0.25, -0.2) is 0 Å². The van der Waals surface area contributed by atoms with Crippen molar-refractivity contribution < 1.29 is 4.79 Å². The van der Waals surface area contributed by atoms with E-state index in [0.29, 0.717) is 12.5 Å². The van der Waals surface area contributed by atoms with Crippen molar-refractivity contribution >= 4 is 5.91 Å². The molecule has 2 fully saturated rings. The van der Waals surface area contributed by atoms with Gasteiger partial charge in [0.2, 0.25) is 5.91 Å². The molecule has 1 heterocycles. The Morgan fingerprint density at radius 2 is 1.94 bits per heavy atom. The van der Waals surface area contributed by atoms with Crippen LogP contribution in [0.4, 0.5) is 0 Å². The van der Waals surface area contributed by atoms with E-state index < -0.39 is 0 Å². The monoisotopic (exact) mass is 234 g/mol. The third-order valence-electron chi connectivity index (χ3n) is 4.14. The summed E-state index contributed by atoms with van der Waals surface area (Å²) in [4.78, 5) is 14.1.